The predicted octanol–water partition coefficient (Wildman–Crippen LogP) is 2.27. The Morgan fingerprint density at radius 3 is 3.04 bits per heavy atom. The van der Waals surface area contributed by atoms with Gasteiger partial charge in [0, 0.05) is 18.3 Å². The molecule has 2 aliphatic rings. The second-order valence-electron chi connectivity index (χ2n) is 6.40. The zero-order chi connectivity index (χ0) is 16.1. The molecule has 1 heterocycles. The van der Waals surface area contributed by atoms with Gasteiger partial charge in [0.05, 0.1) is 6.54 Å². The van der Waals surface area contributed by atoms with Crippen LogP contribution in [0.5, 0.6) is 0 Å². The molecule has 1 aromatic carbocycles. The highest BCUT2D eigenvalue weighted by Gasteiger charge is 2.36. The van der Waals surface area contributed by atoms with Crippen LogP contribution in [0.4, 0.5) is 0 Å². The van der Waals surface area contributed by atoms with Gasteiger partial charge in [-0.05, 0) is 49.5 Å². The van der Waals surface area contributed by atoms with Gasteiger partial charge >= 0.3 is 0 Å². The van der Waals surface area contributed by atoms with E-state index in [1.54, 1.807) is 0 Å². The van der Waals surface area contributed by atoms with Crippen LogP contribution in [0.3, 0.4) is 0 Å². The summed E-state index contributed by atoms with van der Waals surface area (Å²) in [4.78, 5) is 4.66. The summed E-state index contributed by atoms with van der Waals surface area (Å²) in [6.07, 6.45) is 4.30. The van der Waals surface area contributed by atoms with Crippen LogP contribution in [-0.4, -0.2) is 41.7 Å². The van der Waals surface area contributed by atoms with Crippen molar-refractivity contribution in [2.75, 3.05) is 25.4 Å². The molecular weight excluding hydrogens is 306 g/mol. The first kappa shape index (κ1) is 16.7. The molecule has 1 saturated heterocycles. The molecule has 1 aliphatic carbocycles. The van der Waals surface area contributed by atoms with Gasteiger partial charge < -0.3 is 15.7 Å². The quantitative estimate of drug-likeness (QED) is 0.571. The molecule has 1 aromatic rings. The highest BCUT2D eigenvalue weighted by atomic mass is 32.2. The zero-order valence-electron chi connectivity index (χ0n) is 13.8. The van der Waals surface area contributed by atoms with Crippen LogP contribution in [0.15, 0.2) is 29.3 Å². The van der Waals surface area contributed by atoms with Gasteiger partial charge in [0.25, 0.3) is 0 Å². The summed E-state index contributed by atoms with van der Waals surface area (Å²) in [6.45, 7) is 4.27. The van der Waals surface area contributed by atoms with Crippen molar-refractivity contribution in [3.63, 3.8) is 0 Å². The first-order valence-corrected chi connectivity index (χ1v) is 9.71. The Hall–Kier alpha value is -1.20. The van der Waals surface area contributed by atoms with Crippen LogP contribution in [0, 0.1) is 0 Å². The summed E-state index contributed by atoms with van der Waals surface area (Å²) in [6, 6.07) is 8.18. The zero-order valence-corrected chi connectivity index (χ0v) is 14.7. The van der Waals surface area contributed by atoms with Gasteiger partial charge in [0.1, 0.15) is 5.60 Å². The molecule has 0 aromatic heterocycles. The van der Waals surface area contributed by atoms with E-state index in [4.69, 9.17) is 0 Å². The van der Waals surface area contributed by atoms with Gasteiger partial charge in [0.2, 0.25) is 0 Å². The van der Waals surface area contributed by atoms with E-state index in [2.05, 4.69) is 28.6 Å². The maximum Gasteiger partial charge on any atom is 0.191 e. The first-order chi connectivity index (χ1) is 11.2. The average molecular weight is 334 g/mol. The van der Waals surface area contributed by atoms with Crippen molar-refractivity contribution in [2.45, 2.75) is 43.5 Å². The summed E-state index contributed by atoms with van der Waals surface area (Å²) in [5, 5.41) is 18.4. The van der Waals surface area contributed by atoms with E-state index < -0.39 is 5.60 Å². The molecule has 2 unspecified atom stereocenters. The third kappa shape index (κ3) is 4.01. The van der Waals surface area contributed by atoms with E-state index in [1.165, 1.54) is 24.2 Å². The molecule has 1 aliphatic heterocycles. The average Bonchev–Trinajstić information content (AvgIpc) is 3.20. The third-order valence-electron chi connectivity index (χ3n) is 4.69. The lowest BCUT2D eigenvalue weighted by atomic mass is 9.96. The number of hydrogen-bond acceptors (Lipinski definition) is 3. The number of aryl methyl sites for hydroxylation is 1. The van der Waals surface area contributed by atoms with Crippen molar-refractivity contribution in [2.24, 2.45) is 4.99 Å². The molecule has 23 heavy (non-hydrogen) atoms. The topological polar surface area (TPSA) is 56.7 Å². The summed E-state index contributed by atoms with van der Waals surface area (Å²) >= 11 is 2.04. The molecule has 1 fully saturated rings. The largest absolute Gasteiger partial charge is 0.383 e. The van der Waals surface area contributed by atoms with Crippen molar-refractivity contribution in [3.8, 4) is 0 Å². The molecule has 0 radical (unpaired) electrons. The normalized spacial score (nSPS) is 27.0. The van der Waals surface area contributed by atoms with Crippen LogP contribution in [0.2, 0.25) is 0 Å². The smallest absolute Gasteiger partial charge is 0.191 e. The number of nitrogens with zero attached hydrogens (tertiary/aromatic N) is 1. The molecule has 0 bridgehead atoms. The summed E-state index contributed by atoms with van der Waals surface area (Å²) in [5.41, 5.74) is 1.48. The van der Waals surface area contributed by atoms with Crippen LogP contribution in [0.1, 0.15) is 37.3 Å². The van der Waals surface area contributed by atoms with E-state index in [1.807, 2.05) is 30.0 Å². The Balaban J connectivity index is 1.63. The van der Waals surface area contributed by atoms with Gasteiger partial charge in [-0.3, -0.25) is 0 Å². The molecule has 5 heteroatoms. The monoisotopic (exact) mass is 333 g/mol. The minimum absolute atomic E-state index is 0.414. The van der Waals surface area contributed by atoms with E-state index in [0.717, 1.165) is 37.5 Å². The lowest BCUT2D eigenvalue weighted by Crippen LogP contribution is -2.41. The van der Waals surface area contributed by atoms with Crippen LogP contribution in [0.25, 0.3) is 0 Å². The Labute approximate surface area is 143 Å². The Kier molecular flexibility index (Phi) is 5.49. The Morgan fingerprint density at radius 2 is 2.26 bits per heavy atom. The number of fused-ring (bicyclic) bond motifs is 1. The number of aliphatic hydroxyl groups is 1. The summed E-state index contributed by atoms with van der Waals surface area (Å²) < 4.78 is 0. The van der Waals surface area contributed by atoms with Gasteiger partial charge in [-0.15, -0.1) is 0 Å². The number of guanidine groups is 1. The molecule has 126 valence electrons. The number of rotatable bonds is 5. The van der Waals surface area contributed by atoms with E-state index >= 15 is 0 Å². The van der Waals surface area contributed by atoms with E-state index in [0.29, 0.717) is 11.8 Å². The number of benzene rings is 1. The highest BCUT2D eigenvalue weighted by Crippen LogP contribution is 2.36. The minimum atomic E-state index is -0.818. The van der Waals surface area contributed by atoms with Crippen LogP contribution < -0.4 is 10.6 Å². The second kappa shape index (κ2) is 7.58. The standard InChI is InChI=1S/C18H27N3OS/c1-2-19-17(20-12-15-7-5-11-23-15)21-13-18(22)10-9-14-6-3-4-8-16(14)18/h3-4,6,8,15,22H,2,5,7,9-13H2,1H3,(H2,19,20,21). The first-order valence-electron chi connectivity index (χ1n) is 8.66. The van der Waals surface area contributed by atoms with Gasteiger partial charge in [-0.1, -0.05) is 24.3 Å². The molecule has 3 rings (SSSR count). The van der Waals surface area contributed by atoms with Crippen molar-refractivity contribution >= 4 is 17.7 Å². The number of thioether (sulfide) groups is 1. The van der Waals surface area contributed by atoms with Gasteiger partial charge in [0.15, 0.2) is 5.96 Å². The van der Waals surface area contributed by atoms with Gasteiger partial charge in [-0.25, -0.2) is 4.99 Å². The summed E-state index contributed by atoms with van der Waals surface area (Å²) in [5.74, 6) is 2.09. The Morgan fingerprint density at radius 1 is 1.39 bits per heavy atom. The minimum Gasteiger partial charge on any atom is -0.383 e. The molecule has 0 amide bonds. The van der Waals surface area contributed by atoms with E-state index in [9.17, 15) is 5.11 Å². The predicted molar refractivity (Wildman–Crippen MR) is 98.1 cm³/mol. The fraction of sp³-hybridized carbons (Fsp3) is 0.611. The lowest BCUT2D eigenvalue weighted by molar-refractivity contribution is 0.0485. The molecule has 3 N–H and O–H groups in total. The van der Waals surface area contributed by atoms with Gasteiger partial charge in [-0.2, -0.15) is 11.8 Å². The van der Waals surface area contributed by atoms with Crippen LogP contribution in [-0.2, 0) is 12.0 Å². The van der Waals surface area contributed by atoms with Crippen molar-refractivity contribution < 1.29 is 5.11 Å². The second-order valence-corrected chi connectivity index (χ2v) is 7.81. The van der Waals surface area contributed by atoms with Crippen molar-refractivity contribution in [1.82, 2.24) is 10.6 Å². The summed E-state index contributed by atoms with van der Waals surface area (Å²) in [7, 11) is 0. The molecule has 0 spiro atoms. The maximum absolute atomic E-state index is 11.0. The molecular formula is C18H27N3OS. The SMILES string of the molecule is CCNC(=NCC1(O)CCc2ccccc21)NCC1CCCS1. The number of nitrogens with one attached hydrogen (secondary N) is 2. The van der Waals surface area contributed by atoms with Crippen LogP contribution >= 0.6 is 11.8 Å². The molecule has 2 atom stereocenters. The molecule has 0 saturated carbocycles. The fourth-order valence-electron chi connectivity index (χ4n) is 3.40. The highest BCUT2D eigenvalue weighted by molar-refractivity contribution is 8.00. The maximum atomic E-state index is 11.0. The van der Waals surface area contributed by atoms with Crippen molar-refractivity contribution in [1.29, 1.82) is 0 Å². The Bertz CT molecular complexity index is 557. The van der Waals surface area contributed by atoms with E-state index in [-0.39, 0.29) is 0 Å². The number of aliphatic imine (C=N–C) groups is 1. The third-order valence-corrected chi connectivity index (χ3v) is 6.09. The molecule has 4 nitrogen and oxygen atoms in total. The lowest BCUT2D eigenvalue weighted by Gasteiger charge is -2.23. The fourth-order valence-corrected chi connectivity index (χ4v) is 4.60. The number of hydrogen-bond donors (Lipinski definition) is 3. The van der Waals surface area contributed by atoms with Crippen molar-refractivity contribution in [3.05, 3.63) is 35.4 Å².